The maximum Gasteiger partial charge on any atom is 1.00 e. The molecule has 0 saturated heterocycles. The van der Waals surface area contributed by atoms with Crippen molar-refractivity contribution < 1.29 is 183 Å². The summed E-state index contributed by atoms with van der Waals surface area (Å²) in [6.07, 6.45) is 0. The number of carbonyl (C=O) groups is 1. The summed E-state index contributed by atoms with van der Waals surface area (Å²) in [5.74, 6) is -0.879. The Bertz CT molecular complexity index is 332. The average Bonchev–Trinajstić information content (AvgIpc) is 2.03. The molecule has 1 aromatic carbocycles. The Balaban J connectivity index is -0.0000000948. The van der Waals surface area contributed by atoms with E-state index in [9.17, 15) is 4.79 Å². The molecule has 6 nitrogen and oxygen atoms in total. The Hall–Kier alpha value is 3.71. The molecule has 1 aromatic rings. The van der Waals surface area contributed by atoms with Crippen molar-refractivity contribution in [2.45, 2.75) is 0 Å². The van der Waals surface area contributed by atoms with Gasteiger partial charge in [0.15, 0.2) is 0 Å². The van der Waals surface area contributed by atoms with Crippen LogP contribution in [0.15, 0.2) is 30.3 Å². The second kappa shape index (κ2) is 16.1. The van der Waals surface area contributed by atoms with Crippen molar-refractivity contribution in [3.05, 3.63) is 35.9 Å². The number of carboxylic acid groups (broad SMARTS) is 1. The smallest absolute Gasteiger partial charge is 0.822 e. The van der Waals surface area contributed by atoms with E-state index in [1.807, 2.05) is 0 Å². The molecule has 0 saturated carbocycles. The van der Waals surface area contributed by atoms with E-state index in [4.69, 9.17) is 24.4 Å². The number of hydrogen-bond acceptors (Lipinski definition) is 5. The topological polar surface area (TPSA) is 124 Å². The number of benzene rings is 1. The molecular formula is C7H6K3O6P. The molecular weight excluding hydrogens is 328 g/mol. The summed E-state index contributed by atoms with van der Waals surface area (Å²) in [4.78, 5) is 35.8. The predicted octanol–water partition coefficient (Wildman–Crippen LogP) is -10.4. The second-order valence-corrected chi connectivity index (χ2v) is 3.01. The van der Waals surface area contributed by atoms with Crippen LogP contribution in [-0.2, 0) is 4.57 Å². The van der Waals surface area contributed by atoms with E-state index in [2.05, 4.69) is 0 Å². The van der Waals surface area contributed by atoms with Crippen LogP contribution in [0.4, 0.5) is 0 Å². The summed E-state index contributed by atoms with van der Waals surface area (Å²) in [6, 6.07) is 8.30. The average molecular weight is 334 g/mol. The van der Waals surface area contributed by atoms with Crippen molar-refractivity contribution in [2.75, 3.05) is 0 Å². The summed E-state index contributed by atoms with van der Waals surface area (Å²) >= 11 is 0. The Morgan fingerprint density at radius 2 is 1.29 bits per heavy atom. The van der Waals surface area contributed by atoms with Crippen LogP contribution in [0.3, 0.4) is 0 Å². The van der Waals surface area contributed by atoms with Gasteiger partial charge in [0.25, 0.3) is 0 Å². The van der Waals surface area contributed by atoms with Gasteiger partial charge < -0.3 is 24.4 Å². The molecule has 0 spiro atoms. The number of aromatic carboxylic acids is 1. The van der Waals surface area contributed by atoms with Crippen molar-refractivity contribution in [1.82, 2.24) is 0 Å². The summed E-state index contributed by atoms with van der Waals surface area (Å²) < 4.78 is 8.55. The Labute approximate surface area is 226 Å². The molecule has 1 rings (SSSR count). The van der Waals surface area contributed by atoms with Gasteiger partial charge in [-0.2, -0.15) is 7.82 Å². The maximum atomic E-state index is 10.2. The molecule has 0 aliphatic carbocycles. The van der Waals surface area contributed by atoms with Crippen LogP contribution in [0, 0.1) is 0 Å². The normalized spacial score (nSPS) is 8.18. The number of hydrogen-bond donors (Lipinski definition) is 1. The molecule has 0 amide bonds. The quantitative estimate of drug-likeness (QED) is 0.402. The molecule has 0 heterocycles. The van der Waals surface area contributed by atoms with Crippen LogP contribution < -0.4 is 169 Å². The van der Waals surface area contributed by atoms with Crippen molar-refractivity contribution in [2.24, 2.45) is 0 Å². The van der Waals surface area contributed by atoms with Crippen LogP contribution in [-0.4, -0.2) is 11.1 Å². The van der Waals surface area contributed by atoms with E-state index >= 15 is 0 Å². The van der Waals surface area contributed by atoms with Gasteiger partial charge in [0, 0.05) is 0 Å². The first-order valence-electron chi connectivity index (χ1n) is 3.32. The van der Waals surface area contributed by atoms with E-state index in [1.165, 1.54) is 0 Å². The number of carboxylic acids is 1. The van der Waals surface area contributed by atoms with Crippen LogP contribution in [0.2, 0.25) is 0 Å². The first-order chi connectivity index (χ1) is 6.30. The zero-order chi connectivity index (χ0) is 11.2. The van der Waals surface area contributed by atoms with Gasteiger partial charge in [0.2, 0.25) is 0 Å². The maximum absolute atomic E-state index is 10.2. The van der Waals surface area contributed by atoms with Gasteiger partial charge in [-0.3, -0.25) is 0 Å². The fourth-order valence-corrected chi connectivity index (χ4v) is 0.581. The molecule has 0 bridgehead atoms. The number of rotatable bonds is 1. The van der Waals surface area contributed by atoms with E-state index in [0.29, 0.717) is 5.56 Å². The van der Waals surface area contributed by atoms with Crippen molar-refractivity contribution in [3.63, 3.8) is 0 Å². The first-order valence-corrected chi connectivity index (χ1v) is 4.78. The molecule has 0 atom stereocenters. The molecule has 0 aliphatic heterocycles. The first kappa shape index (κ1) is 28.8. The van der Waals surface area contributed by atoms with E-state index in [1.54, 1.807) is 30.3 Å². The Morgan fingerprint density at radius 3 is 1.47 bits per heavy atom. The monoisotopic (exact) mass is 334 g/mol. The van der Waals surface area contributed by atoms with Crippen molar-refractivity contribution >= 4 is 13.8 Å². The fraction of sp³-hybridized carbons (Fsp3) is 0. The standard InChI is InChI=1S/C7H6O2.3K.H3O4P/c8-7(9)6-4-2-1-3-5-6;;;;1-5(2,3)4/h1-5H,(H,8,9);;;;(H3,1,2,3,4)/q;3*+1;/p-3. The van der Waals surface area contributed by atoms with Gasteiger partial charge in [-0.05, 0) is 12.1 Å². The molecule has 17 heavy (non-hydrogen) atoms. The second-order valence-electron chi connectivity index (χ2n) is 2.12. The SMILES string of the molecule is O=C(O)c1ccccc1.O=P([O-])([O-])[O-].[K+].[K+].[K+]. The van der Waals surface area contributed by atoms with Crippen molar-refractivity contribution in [1.29, 1.82) is 0 Å². The van der Waals surface area contributed by atoms with Crippen molar-refractivity contribution in [3.8, 4) is 0 Å². The minimum absolute atomic E-state index is 0. The third kappa shape index (κ3) is 25.0. The molecule has 1 N–H and O–H groups in total. The minimum Gasteiger partial charge on any atom is -0.822 e. The third-order valence-electron chi connectivity index (χ3n) is 1.02. The predicted molar refractivity (Wildman–Crippen MR) is 41.0 cm³/mol. The van der Waals surface area contributed by atoms with E-state index in [-0.39, 0.29) is 154 Å². The van der Waals surface area contributed by atoms with E-state index in [0.717, 1.165) is 0 Å². The summed E-state index contributed by atoms with van der Waals surface area (Å²) in [6.45, 7) is 0. The van der Waals surface area contributed by atoms with Crippen LogP contribution in [0.25, 0.3) is 0 Å². The summed E-state index contributed by atoms with van der Waals surface area (Å²) in [5.41, 5.74) is 0.331. The molecule has 78 valence electrons. The zero-order valence-corrected chi connectivity index (χ0v) is 20.1. The molecule has 10 heteroatoms. The Kier molecular flexibility index (Phi) is 27.3. The van der Waals surface area contributed by atoms with Gasteiger partial charge in [0.1, 0.15) is 0 Å². The minimum atomic E-state index is -5.39. The van der Waals surface area contributed by atoms with Crippen LogP contribution in [0.1, 0.15) is 10.4 Å². The van der Waals surface area contributed by atoms with Crippen LogP contribution >= 0.6 is 7.82 Å². The fourth-order valence-electron chi connectivity index (χ4n) is 0.581. The largest absolute Gasteiger partial charge is 1.00 e. The van der Waals surface area contributed by atoms with Crippen LogP contribution in [0.5, 0.6) is 0 Å². The van der Waals surface area contributed by atoms with Gasteiger partial charge >= 0.3 is 160 Å². The third-order valence-corrected chi connectivity index (χ3v) is 1.02. The van der Waals surface area contributed by atoms with Gasteiger partial charge in [-0.25, -0.2) is 4.79 Å². The summed E-state index contributed by atoms with van der Waals surface area (Å²) in [5, 5.41) is 8.38. The molecule has 0 radical (unpaired) electrons. The molecule has 0 aliphatic rings. The Morgan fingerprint density at radius 1 is 1.00 bits per heavy atom. The zero-order valence-electron chi connectivity index (χ0n) is 9.82. The van der Waals surface area contributed by atoms with Gasteiger partial charge in [-0.15, -0.1) is 0 Å². The van der Waals surface area contributed by atoms with Gasteiger partial charge in [-0.1, -0.05) is 18.2 Å². The summed E-state index contributed by atoms with van der Waals surface area (Å²) in [7, 11) is -5.39. The molecule has 0 aromatic heterocycles. The van der Waals surface area contributed by atoms with Gasteiger partial charge in [0.05, 0.1) is 5.56 Å². The number of phosphoric acid groups is 1. The molecule has 0 unspecified atom stereocenters. The molecule has 0 fully saturated rings. The van der Waals surface area contributed by atoms with E-state index < -0.39 is 13.8 Å².